The normalized spacial score (nSPS) is 33.3. The standard InChI is InChI=1S/C15H12ClFN4O2/c1-22-15(23-2)14(7-19)11(13(14,6-18)12(20)21-15)8-3-4-9(16)10(17)5-8/h3-5,11H,1-2H3,(H2,20,21). The van der Waals surface area contributed by atoms with E-state index in [-0.39, 0.29) is 10.9 Å². The fourth-order valence-electron chi connectivity index (χ4n) is 3.71. The first-order valence-electron chi connectivity index (χ1n) is 6.64. The average Bonchev–Trinajstić information content (AvgIpc) is 3.13. The minimum absolute atomic E-state index is 0.0528. The number of halogens is 2. The number of nitrogens with zero attached hydrogens (tertiary/aromatic N) is 3. The van der Waals surface area contributed by atoms with Gasteiger partial charge in [-0.1, -0.05) is 17.7 Å². The first kappa shape index (κ1) is 15.7. The van der Waals surface area contributed by atoms with Gasteiger partial charge in [-0.3, -0.25) is 0 Å². The summed E-state index contributed by atoms with van der Waals surface area (Å²) >= 11 is 5.70. The highest BCUT2D eigenvalue weighted by Crippen LogP contribution is 2.81. The topological polar surface area (TPSA) is 104 Å². The van der Waals surface area contributed by atoms with E-state index in [0.717, 1.165) is 0 Å². The van der Waals surface area contributed by atoms with Gasteiger partial charge in [-0.2, -0.15) is 10.5 Å². The Balaban J connectivity index is 2.25. The molecule has 1 heterocycles. The zero-order valence-corrected chi connectivity index (χ0v) is 13.1. The number of rotatable bonds is 3. The average molecular weight is 335 g/mol. The second-order valence-corrected chi connectivity index (χ2v) is 5.84. The quantitative estimate of drug-likeness (QED) is 0.850. The van der Waals surface area contributed by atoms with E-state index in [4.69, 9.17) is 26.8 Å². The molecule has 6 nitrogen and oxygen atoms in total. The maximum absolute atomic E-state index is 13.8. The van der Waals surface area contributed by atoms with Crippen molar-refractivity contribution in [2.45, 2.75) is 11.8 Å². The number of nitrogens with two attached hydrogens (primary N) is 1. The molecule has 0 bridgehead atoms. The Bertz CT molecular complexity index is 811. The van der Waals surface area contributed by atoms with Gasteiger partial charge in [0, 0.05) is 20.1 Å². The maximum Gasteiger partial charge on any atom is 0.292 e. The Hall–Kier alpha value is -2.19. The van der Waals surface area contributed by atoms with E-state index in [1.165, 1.54) is 26.4 Å². The van der Waals surface area contributed by atoms with Crippen LogP contribution in [0.2, 0.25) is 5.02 Å². The van der Waals surface area contributed by atoms with Crippen LogP contribution in [0, 0.1) is 39.3 Å². The molecule has 1 aliphatic heterocycles. The lowest BCUT2D eigenvalue weighted by Crippen LogP contribution is -2.41. The van der Waals surface area contributed by atoms with Gasteiger partial charge in [-0.05, 0) is 17.7 Å². The van der Waals surface area contributed by atoms with Gasteiger partial charge in [0.2, 0.25) is 0 Å². The lowest BCUT2D eigenvalue weighted by Gasteiger charge is -2.29. The van der Waals surface area contributed by atoms with Crippen molar-refractivity contribution in [3.63, 3.8) is 0 Å². The third-order valence-corrected chi connectivity index (χ3v) is 5.06. The number of amidine groups is 1. The Morgan fingerprint density at radius 1 is 1.30 bits per heavy atom. The SMILES string of the molecule is COC1(OC)N=C(N)C2(C#N)C(c3ccc(Cl)c(F)c3)C12C#N. The highest BCUT2D eigenvalue weighted by Gasteiger charge is 2.93. The highest BCUT2D eigenvalue weighted by molar-refractivity contribution is 6.30. The minimum atomic E-state index is -1.72. The third kappa shape index (κ3) is 1.45. The van der Waals surface area contributed by atoms with Crippen LogP contribution in [0.3, 0.4) is 0 Å². The smallest absolute Gasteiger partial charge is 0.292 e. The maximum atomic E-state index is 13.8. The third-order valence-electron chi connectivity index (χ3n) is 4.76. The molecule has 118 valence electrons. The van der Waals surface area contributed by atoms with E-state index in [9.17, 15) is 14.9 Å². The second-order valence-electron chi connectivity index (χ2n) is 5.43. The van der Waals surface area contributed by atoms with Crippen LogP contribution in [0.5, 0.6) is 0 Å². The summed E-state index contributed by atoms with van der Waals surface area (Å²) in [5.74, 6) is -3.17. The highest BCUT2D eigenvalue weighted by atomic mass is 35.5. The number of aliphatic imine (C=N–C) groups is 1. The molecule has 0 radical (unpaired) electrons. The van der Waals surface area contributed by atoms with Crippen molar-refractivity contribution in [1.29, 1.82) is 10.5 Å². The predicted octanol–water partition coefficient (Wildman–Crippen LogP) is 1.91. The molecule has 1 aliphatic carbocycles. The first-order valence-corrected chi connectivity index (χ1v) is 7.02. The number of hydrogen-bond donors (Lipinski definition) is 1. The predicted molar refractivity (Wildman–Crippen MR) is 78.6 cm³/mol. The zero-order valence-electron chi connectivity index (χ0n) is 12.3. The number of fused-ring (bicyclic) bond motifs is 1. The summed E-state index contributed by atoms with van der Waals surface area (Å²) < 4.78 is 24.5. The zero-order chi connectivity index (χ0) is 17.0. The van der Waals surface area contributed by atoms with Crippen LogP contribution in [0.1, 0.15) is 11.5 Å². The number of methoxy groups -OCH3 is 2. The molecule has 0 spiro atoms. The van der Waals surface area contributed by atoms with Crippen molar-refractivity contribution in [2.24, 2.45) is 21.6 Å². The molecule has 1 aromatic carbocycles. The monoisotopic (exact) mass is 334 g/mol. The molecule has 8 heteroatoms. The van der Waals surface area contributed by atoms with E-state index in [2.05, 4.69) is 17.1 Å². The Kier molecular flexibility index (Phi) is 3.18. The van der Waals surface area contributed by atoms with Crippen LogP contribution < -0.4 is 5.73 Å². The molecule has 2 N–H and O–H groups in total. The summed E-state index contributed by atoms with van der Waals surface area (Å²) in [4.78, 5) is 4.07. The van der Waals surface area contributed by atoms with Crippen LogP contribution in [-0.2, 0) is 9.47 Å². The molecule has 0 saturated heterocycles. The molecule has 1 aromatic rings. The Morgan fingerprint density at radius 3 is 2.43 bits per heavy atom. The van der Waals surface area contributed by atoms with E-state index < -0.39 is 28.5 Å². The van der Waals surface area contributed by atoms with Crippen molar-refractivity contribution in [2.75, 3.05) is 14.2 Å². The van der Waals surface area contributed by atoms with Gasteiger partial charge in [0.25, 0.3) is 5.91 Å². The molecule has 1 fully saturated rings. The first-order chi connectivity index (χ1) is 10.9. The van der Waals surface area contributed by atoms with Crippen molar-refractivity contribution < 1.29 is 13.9 Å². The van der Waals surface area contributed by atoms with Gasteiger partial charge in [0.1, 0.15) is 17.1 Å². The molecular formula is C15H12ClFN4O2. The summed E-state index contributed by atoms with van der Waals surface area (Å²) in [6, 6.07) is 8.26. The summed E-state index contributed by atoms with van der Waals surface area (Å²) in [6.45, 7) is 0. The van der Waals surface area contributed by atoms with Gasteiger partial charge in [0.15, 0.2) is 5.41 Å². The Morgan fingerprint density at radius 2 is 1.96 bits per heavy atom. The van der Waals surface area contributed by atoms with Gasteiger partial charge < -0.3 is 15.2 Å². The summed E-state index contributed by atoms with van der Waals surface area (Å²) in [5.41, 5.74) is 3.42. The largest absolute Gasteiger partial charge is 0.386 e. The van der Waals surface area contributed by atoms with Crippen LogP contribution in [0.25, 0.3) is 0 Å². The van der Waals surface area contributed by atoms with Crippen LogP contribution in [0.15, 0.2) is 23.2 Å². The van der Waals surface area contributed by atoms with Gasteiger partial charge in [-0.25, -0.2) is 9.38 Å². The lowest BCUT2D eigenvalue weighted by atomic mass is 9.93. The van der Waals surface area contributed by atoms with Gasteiger partial charge in [-0.15, -0.1) is 0 Å². The molecule has 3 rings (SSSR count). The van der Waals surface area contributed by atoms with Crippen LogP contribution >= 0.6 is 11.6 Å². The fourth-order valence-corrected chi connectivity index (χ4v) is 3.83. The number of hydrogen-bond acceptors (Lipinski definition) is 6. The van der Waals surface area contributed by atoms with Crippen molar-refractivity contribution >= 4 is 17.4 Å². The van der Waals surface area contributed by atoms with Crippen LogP contribution in [-0.4, -0.2) is 26.0 Å². The lowest BCUT2D eigenvalue weighted by molar-refractivity contribution is -0.230. The molecule has 3 unspecified atom stereocenters. The van der Waals surface area contributed by atoms with Gasteiger partial charge in [0.05, 0.1) is 17.2 Å². The Labute approximate surface area is 136 Å². The molecule has 0 aromatic heterocycles. The molecule has 0 amide bonds. The minimum Gasteiger partial charge on any atom is -0.386 e. The summed E-state index contributed by atoms with van der Waals surface area (Å²) in [5, 5.41) is 19.5. The van der Waals surface area contributed by atoms with Crippen molar-refractivity contribution in [3.05, 3.63) is 34.6 Å². The second kappa shape index (κ2) is 4.65. The van der Waals surface area contributed by atoms with E-state index in [1.54, 1.807) is 6.07 Å². The van der Waals surface area contributed by atoms with E-state index in [1.807, 2.05) is 0 Å². The summed E-state index contributed by atoms with van der Waals surface area (Å²) in [6.07, 6.45) is 0. The fraction of sp³-hybridized carbons (Fsp3) is 0.400. The molecular weight excluding hydrogens is 323 g/mol. The van der Waals surface area contributed by atoms with Gasteiger partial charge >= 0.3 is 0 Å². The van der Waals surface area contributed by atoms with Crippen molar-refractivity contribution in [3.8, 4) is 12.1 Å². The number of benzene rings is 1. The van der Waals surface area contributed by atoms with E-state index in [0.29, 0.717) is 5.56 Å². The molecule has 23 heavy (non-hydrogen) atoms. The summed E-state index contributed by atoms with van der Waals surface area (Å²) in [7, 11) is 2.62. The number of nitriles is 2. The molecule has 1 saturated carbocycles. The molecule has 2 aliphatic rings. The van der Waals surface area contributed by atoms with Crippen LogP contribution in [0.4, 0.5) is 4.39 Å². The van der Waals surface area contributed by atoms with E-state index >= 15 is 0 Å². The van der Waals surface area contributed by atoms with Crippen molar-refractivity contribution in [1.82, 2.24) is 0 Å². The molecule has 3 atom stereocenters. The number of ether oxygens (including phenoxy) is 2.